The summed E-state index contributed by atoms with van der Waals surface area (Å²) in [5, 5.41) is 14.9. The molecule has 0 radical (unpaired) electrons. The van der Waals surface area contributed by atoms with E-state index in [0.29, 0.717) is 10.3 Å². The van der Waals surface area contributed by atoms with Crippen LogP contribution >= 0.6 is 22.7 Å². The molecule has 12 heavy (non-hydrogen) atoms. The molecule has 64 valence electrons. The Morgan fingerprint density at radius 1 is 0.917 bits per heavy atom. The van der Waals surface area contributed by atoms with Crippen molar-refractivity contribution in [2.75, 3.05) is 11.5 Å². The minimum atomic E-state index is 0.523. The Hall–Kier alpha value is -1.28. The van der Waals surface area contributed by atoms with E-state index >= 15 is 0 Å². The highest BCUT2D eigenvalue weighted by atomic mass is 32.1. The van der Waals surface area contributed by atoms with Gasteiger partial charge in [-0.1, -0.05) is 22.7 Å². The third-order valence-electron chi connectivity index (χ3n) is 0.754. The van der Waals surface area contributed by atoms with Crippen LogP contribution in [0.4, 0.5) is 10.3 Å². The normalized spacial score (nSPS) is 8.67. The molecule has 0 saturated carbocycles. The van der Waals surface area contributed by atoms with Crippen LogP contribution in [0.2, 0.25) is 0 Å². The molecule has 2 aromatic heterocycles. The highest BCUT2D eigenvalue weighted by Gasteiger charge is 1.79. The zero-order valence-corrected chi connectivity index (χ0v) is 7.55. The summed E-state index contributed by atoms with van der Waals surface area (Å²) in [7, 11) is 0. The van der Waals surface area contributed by atoms with Gasteiger partial charge in [-0.2, -0.15) is 0 Å². The van der Waals surface area contributed by atoms with Gasteiger partial charge in [-0.3, -0.25) is 0 Å². The zero-order valence-electron chi connectivity index (χ0n) is 5.91. The summed E-state index contributed by atoms with van der Waals surface area (Å²) < 4.78 is 0. The maximum absolute atomic E-state index is 5.12. The fourth-order valence-corrected chi connectivity index (χ4v) is 0.956. The van der Waals surface area contributed by atoms with Gasteiger partial charge in [0.2, 0.25) is 10.3 Å². The molecule has 0 amide bonds. The van der Waals surface area contributed by atoms with E-state index in [0.717, 1.165) is 0 Å². The Labute approximate surface area is 76.3 Å². The summed E-state index contributed by atoms with van der Waals surface area (Å²) >= 11 is 2.67. The van der Waals surface area contributed by atoms with Gasteiger partial charge in [-0.15, -0.1) is 20.4 Å². The average molecular weight is 202 g/mol. The molecular formula is C4H6N6S2. The standard InChI is InChI=1S/2C2H3N3S/c2*3-2-5-4-1-6-2/h2*1H,(H2,3,5). The zero-order chi connectivity index (χ0) is 8.81. The Kier molecular flexibility index (Phi) is 3.35. The number of aromatic nitrogens is 4. The number of nitrogens with two attached hydrogens (primary N) is 2. The van der Waals surface area contributed by atoms with Gasteiger partial charge in [0, 0.05) is 0 Å². The molecule has 8 heteroatoms. The van der Waals surface area contributed by atoms with Crippen LogP contribution in [0.1, 0.15) is 0 Å². The van der Waals surface area contributed by atoms with Crippen molar-refractivity contribution >= 4 is 32.9 Å². The lowest BCUT2D eigenvalue weighted by molar-refractivity contribution is 1.10. The molecule has 0 fully saturated rings. The van der Waals surface area contributed by atoms with Gasteiger partial charge in [0.05, 0.1) is 0 Å². The van der Waals surface area contributed by atoms with Gasteiger partial charge >= 0.3 is 0 Å². The van der Waals surface area contributed by atoms with E-state index in [2.05, 4.69) is 20.4 Å². The quantitative estimate of drug-likeness (QED) is 0.634. The van der Waals surface area contributed by atoms with Gasteiger partial charge in [0.25, 0.3) is 0 Å². The molecule has 2 aromatic rings. The first-order valence-corrected chi connectivity index (χ1v) is 4.58. The largest absolute Gasteiger partial charge is 0.374 e. The van der Waals surface area contributed by atoms with Crippen LogP contribution in [0.25, 0.3) is 0 Å². The van der Waals surface area contributed by atoms with E-state index < -0.39 is 0 Å². The fraction of sp³-hybridized carbons (Fsp3) is 0. The Balaban J connectivity index is 0.000000120. The summed E-state index contributed by atoms with van der Waals surface area (Å²) in [6.07, 6.45) is 0. The first kappa shape index (κ1) is 8.81. The first-order chi connectivity index (χ1) is 5.79. The number of nitrogen functional groups attached to an aromatic ring is 2. The van der Waals surface area contributed by atoms with Crippen LogP contribution in [0.15, 0.2) is 11.0 Å². The Bertz CT molecular complexity index is 257. The lowest BCUT2D eigenvalue weighted by atomic mass is 11.3. The van der Waals surface area contributed by atoms with E-state index in [4.69, 9.17) is 11.5 Å². The molecule has 0 unspecified atom stereocenters. The first-order valence-electron chi connectivity index (χ1n) is 2.82. The van der Waals surface area contributed by atoms with Crippen LogP contribution in [0.3, 0.4) is 0 Å². The average Bonchev–Trinajstić information content (AvgIpc) is 2.63. The number of rotatable bonds is 0. The molecule has 0 spiro atoms. The third kappa shape index (κ3) is 3.21. The van der Waals surface area contributed by atoms with Crippen molar-refractivity contribution < 1.29 is 0 Å². The lowest BCUT2D eigenvalue weighted by Crippen LogP contribution is -1.79. The van der Waals surface area contributed by atoms with Crippen LogP contribution in [0, 0.1) is 0 Å². The Morgan fingerprint density at radius 3 is 1.42 bits per heavy atom. The van der Waals surface area contributed by atoms with Crippen molar-refractivity contribution in [3.63, 3.8) is 0 Å². The van der Waals surface area contributed by atoms with Crippen molar-refractivity contribution in [2.45, 2.75) is 0 Å². The van der Waals surface area contributed by atoms with Crippen LogP contribution in [0.5, 0.6) is 0 Å². The van der Waals surface area contributed by atoms with E-state index in [-0.39, 0.29) is 0 Å². The van der Waals surface area contributed by atoms with Crippen molar-refractivity contribution in [2.24, 2.45) is 0 Å². The highest BCUT2D eigenvalue weighted by Crippen LogP contribution is 1.99. The topological polar surface area (TPSA) is 104 Å². The summed E-state index contributed by atoms with van der Waals surface area (Å²) in [5.41, 5.74) is 13.4. The van der Waals surface area contributed by atoms with Gasteiger partial charge in [-0.25, -0.2) is 0 Å². The van der Waals surface area contributed by atoms with Gasteiger partial charge < -0.3 is 11.5 Å². The molecule has 2 rings (SSSR count). The fourth-order valence-electron chi connectivity index (χ4n) is 0.363. The second-order valence-electron chi connectivity index (χ2n) is 1.55. The second kappa shape index (κ2) is 4.57. The number of hydrogen-bond acceptors (Lipinski definition) is 8. The summed E-state index contributed by atoms with van der Waals surface area (Å²) in [6.45, 7) is 0. The van der Waals surface area contributed by atoms with E-state index in [1.165, 1.54) is 22.7 Å². The van der Waals surface area contributed by atoms with E-state index in [9.17, 15) is 0 Å². The van der Waals surface area contributed by atoms with Crippen molar-refractivity contribution in [3.8, 4) is 0 Å². The second-order valence-corrected chi connectivity index (χ2v) is 3.28. The summed E-state index contributed by atoms with van der Waals surface area (Å²) in [4.78, 5) is 0. The number of nitrogens with zero attached hydrogens (tertiary/aromatic N) is 4. The number of anilines is 2. The van der Waals surface area contributed by atoms with Crippen molar-refractivity contribution in [1.82, 2.24) is 20.4 Å². The molecular weight excluding hydrogens is 196 g/mol. The van der Waals surface area contributed by atoms with Gasteiger partial charge in [0.1, 0.15) is 11.0 Å². The molecule has 0 atom stereocenters. The highest BCUT2D eigenvalue weighted by molar-refractivity contribution is 7.13. The minimum Gasteiger partial charge on any atom is -0.374 e. The minimum absolute atomic E-state index is 0.523. The van der Waals surface area contributed by atoms with E-state index in [1.54, 1.807) is 11.0 Å². The lowest BCUT2D eigenvalue weighted by Gasteiger charge is -1.64. The molecule has 0 saturated heterocycles. The van der Waals surface area contributed by atoms with Crippen LogP contribution < -0.4 is 11.5 Å². The monoisotopic (exact) mass is 202 g/mol. The molecule has 6 nitrogen and oxygen atoms in total. The number of hydrogen-bond donors (Lipinski definition) is 2. The van der Waals surface area contributed by atoms with Gasteiger partial charge in [0.15, 0.2) is 0 Å². The maximum Gasteiger partial charge on any atom is 0.202 e. The molecule has 0 aliphatic carbocycles. The van der Waals surface area contributed by atoms with Gasteiger partial charge in [-0.05, 0) is 0 Å². The van der Waals surface area contributed by atoms with Crippen LogP contribution in [-0.2, 0) is 0 Å². The molecule has 0 aromatic carbocycles. The smallest absolute Gasteiger partial charge is 0.202 e. The molecule has 4 N–H and O–H groups in total. The third-order valence-corrected chi connectivity index (χ3v) is 1.80. The predicted molar refractivity (Wildman–Crippen MR) is 48.6 cm³/mol. The molecule has 0 aliphatic rings. The van der Waals surface area contributed by atoms with Crippen LogP contribution in [-0.4, -0.2) is 20.4 Å². The summed E-state index contributed by atoms with van der Waals surface area (Å²) in [5.74, 6) is 0. The maximum atomic E-state index is 5.12. The Morgan fingerprint density at radius 2 is 1.33 bits per heavy atom. The predicted octanol–water partition coefficient (Wildman–Crippen LogP) is 0.241. The molecule has 2 heterocycles. The van der Waals surface area contributed by atoms with E-state index in [1.807, 2.05) is 0 Å². The SMILES string of the molecule is Nc1nncs1.Nc1nncs1. The summed E-state index contributed by atoms with van der Waals surface area (Å²) in [6, 6.07) is 0. The molecule has 0 bridgehead atoms. The molecule has 0 aliphatic heterocycles. The van der Waals surface area contributed by atoms with Crippen molar-refractivity contribution in [3.05, 3.63) is 11.0 Å². The van der Waals surface area contributed by atoms with Crippen molar-refractivity contribution in [1.29, 1.82) is 0 Å².